The highest BCUT2D eigenvalue weighted by Gasteiger charge is 2.33. The molecule has 1 atom stereocenters. The van der Waals surface area contributed by atoms with E-state index in [9.17, 15) is 19.7 Å². The molecule has 2 heterocycles. The lowest BCUT2D eigenvalue weighted by atomic mass is 10.2. The van der Waals surface area contributed by atoms with Crippen molar-refractivity contribution in [2.75, 3.05) is 19.6 Å². The van der Waals surface area contributed by atoms with Crippen LogP contribution in [0.3, 0.4) is 0 Å². The first-order valence-electron chi connectivity index (χ1n) is 5.49. The van der Waals surface area contributed by atoms with E-state index in [-0.39, 0.29) is 23.0 Å². The van der Waals surface area contributed by atoms with Crippen LogP contribution in [0.2, 0.25) is 0 Å². The number of carboxylic acids is 1. The summed E-state index contributed by atoms with van der Waals surface area (Å²) in [6.07, 6.45) is 0. The third-order valence-corrected chi connectivity index (χ3v) is 3.80. The zero-order valence-electron chi connectivity index (χ0n) is 9.74. The van der Waals surface area contributed by atoms with Gasteiger partial charge in [-0.2, -0.15) is 0 Å². The van der Waals surface area contributed by atoms with Gasteiger partial charge in [-0.05, 0) is 6.07 Å². The summed E-state index contributed by atoms with van der Waals surface area (Å²) in [7, 11) is 0. The average Bonchev–Trinajstić information content (AvgIpc) is 2.87. The molecule has 0 spiro atoms. The SMILES string of the molecule is O=C(O)C1CNCCN1C(=O)c1ccc([N+](=O)[O-])s1. The molecule has 1 aliphatic heterocycles. The molecule has 1 fully saturated rings. The fourth-order valence-corrected chi connectivity index (χ4v) is 2.63. The van der Waals surface area contributed by atoms with E-state index in [1.807, 2.05) is 0 Å². The number of thiophene rings is 1. The highest BCUT2D eigenvalue weighted by Crippen LogP contribution is 2.25. The van der Waals surface area contributed by atoms with Gasteiger partial charge in [0.1, 0.15) is 6.04 Å². The number of hydrogen-bond donors (Lipinski definition) is 2. The number of hydrogen-bond acceptors (Lipinski definition) is 6. The summed E-state index contributed by atoms with van der Waals surface area (Å²) in [6, 6.07) is 1.66. The van der Waals surface area contributed by atoms with Crippen LogP contribution in [-0.2, 0) is 4.79 Å². The van der Waals surface area contributed by atoms with Gasteiger partial charge in [0.25, 0.3) is 5.91 Å². The second-order valence-corrected chi connectivity index (χ2v) is 5.01. The predicted molar refractivity (Wildman–Crippen MR) is 66.3 cm³/mol. The highest BCUT2D eigenvalue weighted by atomic mass is 32.1. The van der Waals surface area contributed by atoms with Crippen molar-refractivity contribution < 1.29 is 19.6 Å². The standard InChI is InChI=1S/C10H11N3O5S/c14-9(7-1-2-8(19-7)13(17)18)12-4-3-11-5-6(12)10(15)16/h1-2,6,11H,3-5H2,(H,15,16). The number of carboxylic acid groups (broad SMARTS) is 1. The molecule has 1 amide bonds. The smallest absolute Gasteiger partial charge is 0.327 e. The largest absolute Gasteiger partial charge is 0.480 e. The maximum atomic E-state index is 12.2. The van der Waals surface area contributed by atoms with Crippen molar-refractivity contribution in [3.05, 3.63) is 27.1 Å². The van der Waals surface area contributed by atoms with Gasteiger partial charge in [0.15, 0.2) is 0 Å². The van der Waals surface area contributed by atoms with Gasteiger partial charge < -0.3 is 15.3 Å². The number of aliphatic carboxylic acids is 1. The minimum absolute atomic E-state index is 0.134. The van der Waals surface area contributed by atoms with E-state index in [1.54, 1.807) is 0 Å². The molecule has 1 aliphatic rings. The topological polar surface area (TPSA) is 113 Å². The predicted octanol–water partition coefficient (Wildman–Crippen LogP) is 0.155. The lowest BCUT2D eigenvalue weighted by Gasteiger charge is -2.33. The molecule has 1 unspecified atom stereocenters. The van der Waals surface area contributed by atoms with Crippen LogP contribution in [0.4, 0.5) is 5.00 Å². The monoisotopic (exact) mass is 285 g/mol. The molecule has 0 saturated carbocycles. The summed E-state index contributed by atoms with van der Waals surface area (Å²) in [6.45, 7) is 0.943. The maximum Gasteiger partial charge on any atom is 0.327 e. The number of carbonyl (C=O) groups excluding carboxylic acids is 1. The van der Waals surface area contributed by atoms with Crippen LogP contribution in [0.15, 0.2) is 12.1 Å². The molecule has 102 valence electrons. The van der Waals surface area contributed by atoms with Crippen LogP contribution in [0, 0.1) is 10.1 Å². The maximum absolute atomic E-state index is 12.2. The Morgan fingerprint density at radius 2 is 2.26 bits per heavy atom. The average molecular weight is 285 g/mol. The van der Waals surface area contributed by atoms with Gasteiger partial charge in [-0.3, -0.25) is 14.9 Å². The summed E-state index contributed by atoms with van der Waals surface area (Å²) in [5.41, 5.74) is 0. The Kier molecular flexibility index (Phi) is 3.76. The fraction of sp³-hybridized carbons (Fsp3) is 0.400. The lowest BCUT2D eigenvalue weighted by Crippen LogP contribution is -2.56. The van der Waals surface area contributed by atoms with Gasteiger partial charge in [0, 0.05) is 25.7 Å². The van der Waals surface area contributed by atoms with Crippen molar-refractivity contribution in [2.24, 2.45) is 0 Å². The van der Waals surface area contributed by atoms with E-state index in [0.717, 1.165) is 11.3 Å². The second-order valence-electron chi connectivity index (χ2n) is 3.95. The quantitative estimate of drug-likeness (QED) is 0.604. The van der Waals surface area contributed by atoms with Crippen molar-refractivity contribution in [3.8, 4) is 0 Å². The molecule has 1 aromatic heterocycles. The van der Waals surface area contributed by atoms with E-state index in [0.29, 0.717) is 6.54 Å². The van der Waals surface area contributed by atoms with Gasteiger partial charge in [0.2, 0.25) is 0 Å². The van der Waals surface area contributed by atoms with E-state index in [1.165, 1.54) is 17.0 Å². The van der Waals surface area contributed by atoms with Crippen LogP contribution in [-0.4, -0.2) is 52.5 Å². The molecule has 9 heteroatoms. The first kappa shape index (κ1) is 13.4. The van der Waals surface area contributed by atoms with E-state index >= 15 is 0 Å². The number of piperazine rings is 1. The third kappa shape index (κ3) is 2.71. The van der Waals surface area contributed by atoms with Crippen LogP contribution < -0.4 is 5.32 Å². The van der Waals surface area contributed by atoms with Crippen molar-refractivity contribution in [3.63, 3.8) is 0 Å². The van der Waals surface area contributed by atoms with Gasteiger partial charge in [0.05, 0.1) is 9.80 Å². The summed E-state index contributed by atoms with van der Waals surface area (Å²) in [4.78, 5) is 34.7. The number of nitrogens with one attached hydrogen (secondary N) is 1. The number of amides is 1. The molecular formula is C10H11N3O5S. The zero-order chi connectivity index (χ0) is 14.0. The molecule has 0 aromatic carbocycles. The highest BCUT2D eigenvalue weighted by molar-refractivity contribution is 7.17. The molecule has 8 nitrogen and oxygen atoms in total. The number of rotatable bonds is 3. The summed E-state index contributed by atoms with van der Waals surface area (Å²) in [5.74, 6) is -1.57. The Balaban J connectivity index is 2.21. The minimum atomic E-state index is -1.09. The van der Waals surface area contributed by atoms with Crippen molar-refractivity contribution in [1.29, 1.82) is 0 Å². The van der Waals surface area contributed by atoms with Gasteiger partial charge in [-0.25, -0.2) is 4.79 Å². The second kappa shape index (κ2) is 5.33. The lowest BCUT2D eigenvalue weighted by molar-refractivity contribution is -0.380. The third-order valence-electron chi connectivity index (χ3n) is 2.77. The molecule has 0 bridgehead atoms. The molecule has 0 radical (unpaired) electrons. The van der Waals surface area contributed by atoms with Crippen molar-refractivity contribution >= 4 is 28.2 Å². The van der Waals surface area contributed by atoms with E-state index in [4.69, 9.17) is 5.11 Å². The van der Waals surface area contributed by atoms with E-state index in [2.05, 4.69) is 5.32 Å². The number of nitrogens with zero attached hydrogens (tertiary/aromatic N) is 2. The molecule has 19 heavy (non-hydrogen) atoms. The Morgan fingerprint density at radius 1 is 1.53 bits per heavy atom. The summed E-state index contributed by atoms with van der Waals surface area (Å²) < 4.78 is 0. The summed E-state index contributed by atoms with van der Waals surface area (Å²) in [5, 5.41) is 22.4. The van der Waals surface area contributed by atoms with Crippen LogP contribution in [0.1, 0.15) is 9.67 Å². The Labute approximate surface area is 111 Å². The Bertz CT molecular complexity index is 529. The first-order valence-corrected chi connectivity index (χ1v) is 6.31. The number of nitro groups is 1. The minimum Gasteiger partial charge on any atom is -0.480 e. The molecule has 2 rings (SSSR count). The Hall–Kier alpha value is -2.00. The van der Waals surface area contributed by atoms with Crippen molar-refractivity contribution in [2.45, 2.75) is 6.04 Å². The number of carbonyl (C=O) groups is 2. The summed E-state index contributed by atoms with van der Waals surface area (Å²) >= 11 is 0.753. The molecular weight excluding hydrogens is 274 g/mol. The Morgan fingerprint density at radius 3 is 2.84 bits per heavy atom. The van der Waals surface area contributed by atoms with Gasteiger partial charge in [-0.15, -0.1) is 0 Å². The molecule has 1 saturated heterocycles. The molecule has 2 N–H and O–H groups in total. The molecule has 1 aromatic rings. The van der Waals surface area contributed by atoms with Crippen LogP contribution >= 0.6 is 11.3 Å². The normalized spacial score (nSPS) is 19.2. The van der Waals surface area contributed by atoms with E-state index < -0.39 is 22.8 Å². The van der Waals surface area contributed by atoms with Crippen LogP contribution in [0.25, 0.3) is 0 Å². The van der Waals surface area contributed by atoms with Crippen molar-refractivity contribution in [1.82, 2.24) is 10.2 Å². The first-order chi connectivity index (χ1) is 9.00. The van der Waals surface area contributed by atoms with Gasteiger partial charge in [-0.1, -0.05) is 11.3 Å². The van der Waals surface area contributed by atoms with Crippen LogP contribution in [0.5, 0.6) is 0 Å². The molecule has 0 aliphatic carbocycles. The zero-order valence-corrected chi connectivity index (χ0v) is 10.6. The fourth-order valence-electron chi connectivity index (χ4n) is 1.85. The van der Waals surface area contributed by atoms with Gasteiger partial charge >= 0.3 is 11.0 Å².